The quantitative estimate of drug-likeness (QED) is 0.771. The van der Waals surface area contributed by atoms with E-state index in [1.54, 1.807) is 6.92 Å². The van der Waals surface area contributed by atoms with Crippen molar-refractivity contribution in [2.45, 2.75) is 44.3 Å². The molecule has 28 heavy (non-hydrogen) atoms. The van der Waals surface area contributed by atoms with Gasteiger partial charge in [0.1, 0.15) is 11.7 Å². The van der Waals surface area contributed by atoms with Crippen molar-refractivity contribution >= 4 is 17.4 Å². The topological polar surface area (TPSA) is 93.5 Å². The van der Waals surface area contributed by atoms with Gasteiger partial charge in [0, 0.05) is 18.2 Å². The number of halogens is 4. The summed E-state index contributed by atoms with van der Waals surface area (Å²) in [6.45, 7) is 3.41. The zero-order valence-electron chi connectivity index (χ0n) is 15.3. The maximum Gasteiger partial charge on any atom is 0.293 e. The van der Waals surface area contributed by atoms with Crippen molar-refractivity contribution in [2.24, 2.45) is 10.7 Å². The van der Waals surface area contributed by atoms with E-state index >= 15 is 0 Å². The zero-order chi connectivity index (χ0) is 20.9. The van der Waals surface area contributed by atoms with Crippen LogP contribution in [0, 0.1) is 12.7 Å². The molecule has 3 rings (SSSR count). The smallest absolute Gasteiger partial charge is 0.293 e. The fourth-order valence-corrected chi connectivity index (χ4v) is 3.01. The number of aromatic nitrogens is 1. The number of nitrogens with one attached hydrogen (secondary N) is 1. The molecule has 2 unspecified atom stereocenters. The van der Waals surface area contributed by atoms with Crippen LogP contribution in [0.15, 0.2) is 33.8 Å². The molecule has 1 aromatic heterocycles. The summed E-state index contributed by atoms with van der Waals surface area (Å²) >= 11 is 0. The highest BCUT2D eigenvalue weighted by Gasteiger charge is 2.60. The number of nitrogens with zero attached hydrogens (tertiary/aromatic N) is 2. The molecular weight excluding hydrogens is 380 g/mol. The van der Waals surface area contributed by atoms with Gasteiger partial charge in [0.05, 0.1) is 12.6 Å². The lowest BCUT2D eigenvalue weighted by atomic mass is 9.77. The van der Waals surface area contributed by atoms with Gasteiger partial charge in [-0.3, -0.25) is 9.79 Å². The lowest BCUT2D eigenvalue weighted by Gasteiger charge is -2.42. The number of hydrogen-bond donors (Lipinski definition) is 2. The summed E-state index contributed by atoms with van der Waals surface area (Å²) in [5, 5.41) is 2.41. The van der Waals surface area contributed by atoms with Crippen molar-refractivity contribution < 1.29 is 26.8 Å². The van der Waals surface area contributed by atoms with Gasteiger partial charge >= 0.3 is 0 Å². The van der Waals surface area contributed by atoms with E-state index in [9.17, 15) is 22.4 Å². The Hall–Kier alpha value is -2.91. The van der Waals surface area contributed by atoms with Gasteiger partial charge in [0.2, 0.25) is 5.76 Å². The van der Waals surface area contributed by atoms with Crippen LogP contribution in [0.1, 0.15) is 42.3 Å². The second-order valence-corrected chi connectivity index (χ2v) is 7.04. The first kappa shape index (κ1) is 19.8. The number of alkyl halides is 3. The molecule has 1 aliphatic rings. The van der Waals surface area contributed by atoms with Crippen LogP contribution in [0.2, 0.25) is 0 Å². The van der Waals surface area contributed by atoms with Gasteiger partial charge in [-0.2, -0.15) is 0 Å². The Bertz CT molecular complexity index is 970. The van der Waals surface area contributed by atoms with Crippen LogP contribution in [-0.4, -0.2) is 28.3 Å². The molecule has 0 aliphatic carbocycles. The van der Waals surface area contributed by atoms with Gasteiger partial charge in [-0.05, 0) is 32.0 Å². The average Bonchev–Trinajstić information content (AvgIpc) is 3.01. The molecule has 0 spiro atoms. The third-order valence-electron chi connectivity index (χ3n) is 4.74. The molecule has 10 heteroatoms. The third-order valence-corrected chi connectivity index (χ3v) is 4.74. The molecule has 6 nitrogen and oxygen atoms in total. The summed E-state index contributed by atoms with van der Waals surface area (Å²) in [6, 6.07) is 3.12. The van der Waals surface area contributed by atoms with Crippen LogP contribution < -0.4 is 11.1 Å². The number of rotatable bonds is 3. The molecule has 3 N–H and O–H groups in total. The van der Waals surface area contributed by atoms with E-state index in [4.69, 9.17) is 10.2 Å². The van der Waals surface area contributed by atoms with Crippen LogP contribution in [0.3, 0.4) is 0 Å². The van der Waals surface area contributed by atoms with Crippen LogP contribution >= 0.6 is 0 Å². The first-order chi connectivity index (χ1) is 12.9. The Morgan fingerprint density at radius 2 is 1.96 bits per heavy atom. The van der Waals surface area contributed by atoms with Crippen LogP contribution in [-0.2, 0) is 5.54 Å². The van der Waals surface area contributed by atoms with Crippen molar-refractivity contribution in [2.75, 3.05) is 5.32 Å². The van der Waals surface area contributed by atoms with E-state index in [2.05, 4.69) is 15.3 Å². The molecule has 0 radical (unpaired) electrons. The Kier molecular flexibility index (Phi) is 4.48. The first-order valence-electron chi connectivity index (χ1n) is 8.32. The number of amidine groups is 1. The van der Waals surface area contributed by atoms with E-state index in [1.807, 2.05) is 0 Å². The van der Waals surface area contributed by atoms with Crippen molar-refractivity contribution in [3.05, 3.63) is 47.4 Å². The lowest BCUT2D eigenvalue weighted by Crippen LogP contribution is -2.56. The first-order valence-corrected chi connectivity index (χ1v) is 8.32. The standard InChI is InChI=1S/C18H18F4N4O2/c1-9-24-7-13(28-9)14(27)25-10-4-5-12(19)11(6-10)17(3)18(21,22)8-16(2,20)15(23)26-17/h4-7H,8H2,1-3H3,(H2,23,26)(H,25,27). The van der Waals surface area contributed by atoms with Gasteiger partial charge in [-0.15, -0.1) is 0 Å². The van der Waals surface area contributed by atoms with E-state index in [-0.39, 0.29) is 17.3 Å². The SMILES string of the molecule is Cc1ncc(C(=O)Nc2ccc(F)c(C3(C)N=C(N)C(C)(F)CC3(F)F)c2)o1. The predicted molar refractivity (Wildman–Crippen MR) is 93.6 cm³/mol. The number of oxazole rings is 1. The molecule has 2 atom stereocenters. The summed E-state index contributed by atoms with van der Waals surface area (Å²) in [5.74, 6) is -5.91. The maximum absolute atomic E-state index is 14.8. The monoisotopic (exact) mass is 398 g/mol. The normalized spacial score (nSPS) is 26.6. The molecule has 1 aromatic carbocycles. The number of aliphatic imine (C=N–C) groups is 1. The number of aryl methyl sites for hydroxylation is 1. The molecule has 1 aliphatic heterocycles. The van der Waals surface area contributed by atoms with Gasteiger partial charge in [-0.1, -0.05) is 0 Å². The zero-order valence-corrected chi connectivity index (χ0v) is 15.3. The van der Waals surface area contributed by atoms with Crippen molar-refractivity contribution in [1.29, 1.82) is 0 Å². The number of carbonyl (C=O) groups excluding carboxylic acids is 1. The largest absolute Gasteiger partial charge is 0.436 e. The molecule has 1 amide bonds. The molecular formula is C18H18F4N4O2. The summed E-state index contributed by atoms with van der Waals surface area (Å²) < 4.78 is 63.3. The molecule has 0 saturated heterocycles. The Labute approximate surface area is 157 Å². The summed E-state index contributed by atoms with van der Waals surface area (Å²) in [7, 11) is 0. The van der Waals surface area contributed by atoms with Crippen LogP contribution in [0.25, 0.3) is 0 Å². The average molecular weight is 398 g/mol. The van der Waals surface area contributed by atoms with E-state index in [0.717, 1.165) is 26.0 Å². The fourth-order valence-electron chi connectivity index (χ4n) is 3.01. The highest BCUT2D eigenvalue weighted by atomic mass is 19.3. The van der Waals surface area contributed by atoms with Gasteiger partial charge < -0.3 is 15.5 Å². The Morgan fingerprint density at radius 3 is 2.57 bits per heavy atom. The van der Waals surface area contributed by atoms with Crippen LogP contribution in [0.5, 0.6) is 0 Å². The number of anilines is 1. The van der Waals surface area contributed by atoms with E-state index in [0.29, 0.717) is 0 Å². The second kappa shape index (κ2) is 6.32. The van der Waals surface area contributed by atoms with Gasteiger partial charge in [-0.25, -0.2) is 22.5 Å². The third kappa shape index (κ3) is 3.23. The Morgan fingerprint density at radius 1 is 1.29 bits per heavy atom. The van der Waals surface area contributed by atoms with Crippen molar-refractivity contribution in [3.63, 3.8) is 0 Å². The minimum Gasteiger partial charge on any atom is -0.436 e. The highest BCUT2D eigenvalue weighted by Crippen LogP contribution is 2.50. The number of carbonyl (C=O) groups is 1. The van der Waals surface area contributed by atoms with Gasteiger partial charge in [0.15, 0.2) is 17.1 Å². The molecule has 2 aromatic rings. The second-order valence-electron chi connectivity index (χ2n) is 7.04. The highest BCUT2D eigenvalue weighted by molar-refractivity contribution is 6.02. The summed E-state index contributed by atoms with van der Waals surface area (Å²) in [6.07, 6.45) is -0.0576. The maximum atomic E-state index is 14.8. The number of hydrogen-bond acceptors (Lipinski definition) is 5. The molecule has 0 bridgehead atoms. The number of nitrogens with two attached hydrogens (primary N) is 1. The fraction of sp³-hybridized carbons (Fsp3) is 0.389. The molecule has 2 heterocycles. The van der Waals surface area contributed by atoms with E-state index < -0.39 is 46.7 Å². The lowest BCUT2D eigenvalue weighted by molar-refractivity contribution is -0.106. The van der Waals surface area contributed by atoms with E-state index in [1.165, 1.54) is 12.3 Å². The number of benzene rings is 1. The summed E-state index contributed by atoms with van der Waals surface area (Å²) in [4.78, 5) is 19.6. The number of amides is 1. The molecule has 0 saturated carbocycles. The van der Waals surface area contributed by atoms with Crippen molar-refractivity contribution in [1.82, 2.24) is 4.98 Å². The van der Waals surface area contributed by atoms with Crippen molar-refractivity contribution in [3.8, 4) is 0 Å². The van der Waals surface area contributed by atoms with Crippen LogP contribution in [0.4, 0.5) is 23.2 Å². The minimum atomic E-state index is -3.73. The predicted octanol–water partition coefficient (Wildman–Crippen LogP) is 3.71. The molecule has 150 valence electrons. The summed E-state index contributed by atoms with van der Waals surface area (Å²) in [5.41, 5.74) is 0.0549. The Balaban J connectivity index is 2.01. The molecule has 0 fully saturated rings. The minimum absolute atomic E-state index is 0.0230. The van der Waals surface area contributed by atoms with Gasteiger partial charge in [0.25, 0.3) is 11.8 Å².